The number of hydrogen-bond acceptors (Lipinski definition) is 4. The number of aromatic nitrogens is 2. The minimum Gasteiger partial charge on any atom is -0.396 e. The van der Waals surface area contributed by atoms with Gasteiger partial charge in [-0.25, -0.2) is 4.68 Å². The van der Waals surface area contributed by atoms with Gasteiger partial charge in [0.25, 0.3) is 5.56 Å². The van der Waals surface area contributed by atoms with Crippen LogP contribution in [0.3, 0.4) is 0 Å². The van der Waals surface area contributed by atoms with E-state index in [1.165, 1.54) is 36.6 Å². The summed E-state index contributed by atoms with van der Waals surface area (Å²) in [7, 11) is 0. The van der Waals surface area contributed by atoms with Gasteiger partial charge in [0.15, 0.2) is 0 Å². The molecule has 0 spiro atoms. The minimum absolute atomic E-state index is 0.0238. The molecule has 24 heavy (non-hydrogen) atoms. The van der Waals surface area contributed by atoms with Crippen LogP contribution in [0.2, 0.25) is 5.02 Å². The smallest absolute Gasteiger partial charge is 0.287 e. The van der Waals surface area contributed by atoms with Crippen LogP contribution < -0.4 is 11.3 Å². The van der Waals surface area contributed by atoms with E-state index in [0.29, 0.717) is 18.6 Å². The van der Waals surface area contributed by atoms with Crippen molar-refractivity contribution in [3.63, 3.8) is 0 Å². The van der Waals surface area contributed by atoms with Crippen molar-refractivity contribution < 1.29 is 4.74 Å². The van der Waals surface area contributed by atoms with Crippen LogP contribution in [-0.2, 0) is 11.3 Å². The van der Waals surface area contributed by atoms with Gasteiger partial charge in [0.1, 0.15) is 11.1 Å². The monoisotopic (exact) mass is 353 g/mol. The zero-order valence-corrected chi connectivity index (χ0v) is 15.6. The number of rotatable bonds is 2. The highest BCUT2D eigenvalue weighted by atomic mass is 35.5. The Morgan fingerprint density at radius 3 is 2.67 bits per heavy atom. The fraction of sp³-hybridized carbons (Fsp3) is 0.778. The second kappa shape index (κ2) is 6.68. The lowest BCUT2D eigenvalue weighted by Gasteiger charge is -2.41. The highest BCUT2D eigenvalue weighted by Crippen LogP contribution is 2.56. The van der Waals surface area contributed by atoms with Crippen LogP contribution in [-0.4, -0.2) is 22.5 Å². The molecule has 2 N–H and O–H groups in total. The van der Waals surface area contributed by atoms with Gasteiger partial charge in [0.05, 0.1) is 25.0 Å². The summed E-state index contributed by atoms with van der Waals surface area (Å²) in [5, 5.41) is 3.86. The van der Waals surface area contributed by atoms with E-state index in [1.807, 2.05) is 0 Å². The van der Waals surface area contributed by atoms with Crippen LogP contribution in [0, 0.1) is 23.2 Å². The summed E-state index contributed by atoms with van der Waals surface area (Å²) in [6.45, 7) is 8.55. The van der Waals surface area contributed by atoms with E-state index in [9.17, 15) is 4.79 Å². The number of nitrogens with zero attached hydrogens (tertiary/aromatic N) is 2. The Bertz CT molecular complexity index is 654. The molecule has 3 aliphatic rings. The van der Waals surface area contributed by atoms with Gasteiger partial charge >= 0.3 is 0 Å². The fourth-order valence-electron chi connectivity index (χ4n) is 4.60. The molecule has 1 saturated heterocycles. The first-order valence-electron chi connectivity index (χ1n) is 8.93. The molecular formula is C18H28ClN3O2. The van der Waals surface area contributed by atoms with Gasteiger partial charge in [0, 0.05) is 0 Å². The van der Waals surface area contributed by atoms with Crippen LogP contribution in [0.5, 0.6) is 0 Å². The van der Waals surface area contributed by atoms with Crippen molar-refractivity contribution >= 4 is 17.3 Å². The lowest BCUT2D eigenvalue weighted by molar-refractivity contribution is 0.0794. The van der Waals surface area contributed by atoms with Gasteiger partial charge in [-0.3, -0.25) is 4.79 Å². The lowest BCUT2D eigenvalue weighted by Crippen LogP contribution is -2.33. The summed E-state index contributed by atoms with van der Waals surface area (Å²) < 4.78 is 6.22. The number of nitrogens with two attached hydrogens (primary N) is 1. The summed E-state index contributed by atoms with van der Waals surface area (Å²) in [6.07, 6.45) is 7.50. The second-order valence-corrected chi connectivity index (χ2v) is 8.49. The van der Waals surface area contributed by atoms with E-state index >= 15 is 0 Å². The maximum absolute atomic E-state index is 11.4. The van der Waals surface area contributed by atoms with E-state index in [2.05, 4.69) is 25.9 Å². The summed E-state index contributed by atoms with van der Waals surface area (Å²) in [5.74, 6) is 3.11. The van der Waals surface area contributed by atoms with Gasteiger partial charge in [0.2, 0.25) is 0 Å². The molecule has 0 amide bonds. The van der Waals surface area contributed by atoms with Gasteiger partial charge in [-0.2, -0.15) is 5.10 Å². The molecule has 0 radical (unpaired) electrons. The Morgan fingerprint density at radius 1 is 1.38 bits per heavy atom. The van der Waals surface area contributed by atoms with Gasteiger partial charge in [-0.15, -0.1) is 0 Å². The number of ether oxygens (including phenoxy) is 1. The third-order valence-corrected chi connectivity index (χ3v) is 6.66. The van der Waals surface area contributed by atoms with Crippen LogP contribution in [0.1, 0.15) is 46.5 Å². The summed E-state index contributed by atoms with van der Waals surface area (Å²) >= 11 is 5.65. The Labute approximate surface area is 148 Å². The van der Waals surface area contributed by atoms with Crippen molar-refractivity contribution in [3.8, 4) is 0 Å². The van der Waals surface area contributed by atoms with Crippen molar-refractivity contribution in [2.75, 3.05) is 12.3 Å². The molecule has 0 aromatic carbocycles. The van der Waals surface area contributed by atoms with Crippen molar-refractivity contribution in [2.45, 2.75) is 59.1 Å². The zero-order chi connectivity index (χ0) is 17.5. The first kappa shape index (κ1) is 17.7. The Balaban J connectivity index is 0.000000143. The molecule has 1 aliphatic heterocycles. The number of halogens is 1. The third kappa shape index (κ3) is 3.47. The Kier molecular flexibility index (Phi) is 4.94. The van der Waals surface area contributed by atoms with Gasteiger partial charge < -0.3 is 10.5 Å². The SMILES string of the molecule is CC1CC[C@@H]2CC[C@H]1C2(C)C.Nc1cnn(CC2CO2)c(=O)c1Cl. The molecule has 1 aromatic heterocycles. The van der Waals surface area contributed by atoms with Crippen LogP contribution in [0.25, 0.3) is 0 Å². The van der Waals surface area contributed by atoms with E-state index in [0.717, 1.165) is 17.8 Å². The minimum atomic E-state index is -0.364. The summed E-state index contributed by atoms with van der Waals surface area (Å²) in [4.78, 5) is 11.4. The number of anilines is 1. The van der Waals surface area contributed by atoms with Crippen molar-refractivity contribution in [1.82, 2.24) is 9.78 Å². The molecular weight excluding hydrogens is 326 g/mol. The van der Waals surface area contributed by atoms with Crippen LogP contribution in [0.15, 0.2) is 11.0 Å². The van der Waals surface area contributed by atoms with Crippen LogP contribution in [0.4, 0.5) is 5.69 Å². The standard InChI is InChI=1S/C11H20.C7H8ClN3O2/c1-8-4-5-9-6-7-10(8)11(9,2)3;8-6-5(9)1-10-11(7(6)12)2-4-3-13-4/h8-10H,4-7H2,1-3H3;1,4H,2-3,9H2/t8?,9-,10-;/m1./s1. The third-order valence-electron chi connectivity index (χ3n) is 6.28. The van der Waals surface area contributed by atoms with Crippen molar-refractivity contribution in [1.29, 1.82) is 0 Å². The van der Waals surface area contributed by atoms with E-state index < -0.39 is 0 Å². The maximum atomic E-state index is 11.4. The van der Waals surface area contributed by atoms with Crippen molar-refractivity contribution in [3.05, 3.63) is 21.6 Å². The molecule has 1 aromatic rings. The number of epoxide rings is 1. The molecule has 4 rings (SSSR count). The van der Waals surface area contributed by atoms with Crippen molar-refractivity contribution in [2.24, 2.45) is 23.2 Å². The summed E-state index contributed by atoms with van der Waals surface area (Å²) in [6, 6.07) is 0. The highest BCUT2D eigenvalue weighted by Gasteiger charge is 2.47. The van der Waals surface area contributed by atoms with Gasteiger partial charge in [-0.1, -0.05) is 38.8 Å². The van der Waals surface area contributed by atoms with E-state index in [1.54, 1.807) is 0 Å². The maximum Gasteiger partial charge on any atom is 0.287 e. The molecule has 2 heterocycles. The quantitative estimate of drug-likeness (QED) is 0.827. The lowest BCUT2D eigenvalue weighted by atomic mass is 9.64. The Hall–Kier alpha value is -1.07. The Morgan fingerprint density at radius 2 is 2.04 bits per heavy atom. The average molecular weight is 354 g/mol. The first-order valence-corrected chi connectivity index (χ1v) is 9.31. The first-order chi connectivity index (χ1) is 11.3. The predicted molar refractivity (Wildman–Crippen MR) is 96.1 cm³/mol. The number of fused-ring (bicyclic) bond motifs is 2. The molecule has 3 fully saturated rings. The fourth-order valence-corrected chi connectivity index (χ4v) is 4.75. The molecule has 2 aliphatic carbocycles. The zero-order valence-electron chi connectivity index (χ0n) is 14.8. The molecule has 134 valence electrons. The molecule has 2 unspecified atom stereocenters. The second-order valence-electron chi connectivity index (χ2n) is 8.11. The van der Waals surface area contributed by atoms with E-state index in [4.69, 9.17) is 22.1 Å². The molecule has 4 atom stereocenters. The van der Waals surface area contributed by atoms with Gasteiger partial charge in [-0.05, 0) is 42.4 Å². The molecule has 2 bridgehead atoms. The largest absolute Gasteiger partial charge is 0.396 e. The highest BCUT2D eigenvalue weighted by molar-refractivity contribution is 6.32. The molecule has 2 saturated carbocycles. The molecule has 5 nitrogen and oxygen atoms in total. The van der Waals surface area contributed by atoms with Crippen LogP contribution >= 0.6 is 11.6 Å². The topological polar surface area (TPSA) is 73.4 Å². The number of nitrogen functional groups attached to an aromatic ring is 1. The average Bonchev–Trinajstić information content (AvgIpc) is 3.31. The van der Waals surface area contributed by atoms with E-state index in [-0.39, 0.29) is 22.4 Å². The number of hydrogen-bond donors (Lipinski definition) is 1. The predicted octanol–water partition coefficient (Wildman–Crippen LogP) is 3.35. The molecule has 6 heteroatoms. The normalized spacial score (nSPS) is 32.8. The summed E-state index contributed by atoms with van der Waals surface area (Å²) in [5.41, 5.74) is 5.92.